The number of fused-ring (bicyclic) bond motifs is 3. The fourth-order valence-electron chi connectivity index (χ4n) is 4.39. The maximum atomic E-state index is 2.36. The molecule has 0 N–H and O–H groups in total. The van der Waals surface area contributed by atoms with E-state index >= 15 is 0 Å². The maximum absolute atomic E-state index is 2.36. The molecule has 0 heterocycles. The maximum Gasteiger partial charge on any atom is 0.0435 e. The van der Waals surface area contributed by atoms with Gasteiger partial charge in [-0.3, -0.25) is 0 Å². The minimum absolute atomic E-state index is 0.109. The number of hydrogen-bond donors (Lipinski definition) is 0. The molecule has 0 saturated heterocycles. The molecule has 4 aromatic carbocycles. The Balaban J connectivity index is 1.68. The number of hydrogen-bond acceptors (Lipinski definition) is 0. The van der Waals surface area contributed by atoms with E-state index in [0.29, 0.717) is 0 Å². The molecule has 0 amide bonds. The Hall–Kier alpha value is -3.12. The summed E-state index contributed by atoms with van der Waals surface area (Å²) in [4.78, 5) is 0. The molecule has 124 valence electrons. The van der Waals surface area contributed by atoms with E-state index in [9.17, 15) is 0 Å². The van der Waals surface area contributed by atoms with Crippen LogP contribution < -0.4 is 0 Å². The highest BCUT2D eigenvalue weighted by Crippen LogP contribution is 2.52. The van der Waals surface area contributed by atoms with Crippen LogP contribution in [0.2, 0.25) is 0 Å². The summed E-state index contributed by atoms with van der Waals surface area (Å²) in [6.45, 7) is 2.36. The SMILES string of the molecule is CC1(c2ccc(-c3ccccc3)cc2)c2ccccc2-c2ccccc21. The van der Waals surface area contributed by atoms with Crippen molar-refractivity contribution in [3.8, 4) is 22.3 Å². The first-order chi connectivity index (χ1) is 12.8. The first-order valence-corrected chi connectivity index (χ1v) is 9.14. The van der Waals surface area contributed by atoms with Crippen LogP contribution in [0.15, 0.2) is 103 Å². The van der Waals surface area contributed by atoms with Crippen LogP contribution in [0.5, 0.6) is 0 Å². The summed E-state index contributed by atoms with van der Waals surface area (Å²) in [6, 6.07) is 37.3. The molecule has 0 radical (unpaired) electrons. The van der Waals surface area contributed by atoms with Crippen molar-refractivity contribution in [3.63, 3.8) is 0 Å². The van der Waals surface area contributed by atoms with E-state index < -0.39 is 0 Å². The molecule has 0 spiro atoms. The summed E-state index contributed by atoms with van der Waals surface area (Å²) >= 11 is 0. The molecular formula is C26H20. The van der Waals surface area contributed by atoms with Gasteiger partial charge < -0.3 is 0 Å². The zero-order chi connectivity index (χ0) is 17.6. The van der Waals surface area contributed by atoms with Crippen molar-refractivity contribution in [2.75, 3.05) is 0 Å². The standard InChI is InChI=1S/C26H20/c1-26(21-17-15-20(16-18-21)19-9-3-2-4-10-19)24-13-7-5-11-22(24)23-12-6-8-14-25(23)26/h2-18H,1H3. The molecule has 5 rings (SSSR count). The molecular weight excluding hydrogens is 312 g/mol. The molecule has 0 aliphatic heterocycles. The molecule has 0 fully saturated rings. The van der Waals surface area contributed by atoms with Crippen LogP contribution in [-0.2, 0) is 5.41 Å². The summed E-state index contributed by atoms with van der Waals surface area (Å²) in [5.74, 6) is 0. The Labute approximate surface area is 154 Å². The largest absolute Gasteiger partial charge is 0.0622 e. The minimum Gasteiger partial charge on any atom is -0.0622 e. The van der Waals surface area contributed by atoms with E-state index in [4.69, 9.17) is 0 Å². The van der Waals surface area contributed by atoms with Crippen molar-refractivity contribution in [1.82, 2.24) is 0 Å². The molecule has 0 atom stereocenters. The first kappa shape index (κ1) is 15.2. The quantitative estimate of drug-likeness (QED) is 0.384. The van der Waals surface area contributed by atoms with E-state index in [1.807, 2.05) is 0 Å². The lowest BCUT2D eigenvalue weighted by atomic mass is 9.74. The van der Waals surface area contributed by atoms with E-state index in [2.05, 4.69) is 110 Å². The van der Waals surface area contributed by atoms with Gasteiger partial charge in [-0.05, 0) is 45.9 Å². The average molecular weight is 332 g/mol. The molecule has 0 unspecified atom stereocenters. The van der Waals surface area contributed by atoms with Gasteiger partial charge in [0.15, 0.2) is 0 Å². The third kappa shape index (κ3) is 2.09. The van der Waals surface area contributed by atoms with Gasteiger partial charge in [0.1, 0.15) is 0 Å². The van der Waals surface area contributed by atoms with Crippen molar-refractivity contribution in [2.45, 2.75) is 12.3 Å². The fraction of sp³-hybridized carbons (Fsp3) is 0.0769. The van der Waals surface area contributed by atoms with Crippen LogP contribution in [-0.4, -0.2) is 0 Å². The van der Waals surface area contributed by atoms with E-state index in [1.54, 1.807) is 0 Å². The second-order valence-electron chi connectivity index (χ2n) is 7.16. The van der Waals surface area contributed by atoms with Crippen LogP contribution in [0, 0.1) is 0 Å². The van der Waals surface area contributed by atoms with Crippen molar-refractivity contribution < 1.29 is 0 Å². The lowest BCUT2D eigenvalue weighted by Gasteiger charge is -2.28. The fourth-order valence-corrected chi connectivity index (χ4v) is 4.39. The predicted molar refractivity (Wildman–Crippen MR) is 109 cm³/mol. The molecule has 4 aromatic rings. The molecule has 0 bridgehead atoms. The Kier molecular flexibility index (Phi) is 3.33. The summed E-state index contributed by atoms with van der Waals surface area (Å²) in [7, 11) is 0. The van der Waals surface area contributed by atoms with Crippen molar-refractivity contribution in [3.05, 3.63) is 120 Å². The van der Waals surface area contributed by atoms with Gasteiger partial charge in [0.05, 0.1) is 0 Å². The Morgan fingerprint density at radius 2 is 0.923 bits per heavy atom. The lowest BCUT2D eigenvalue weighted by Crippen LogP contribution is -2.22. The number of rotatable bonds is 2. The molecule has 0 aromatic heterocycles. The van der Waals surface area contributed by atoms with Crippen LogP contribution in [0.1, 0.15) is 23.6 Å². The Morgan fingerprint density at radius 1 is 0.462 bits per heavy atom. The third-order valence-corrected chi connectivity index (χ3v) is 5.79. The second kappa shape index (κ2) is 5.71. The van der Waals surface area contributed by atoms with Crippen LogP contribution in [0.3, 0.4) is 0 Å². The van der Waals surface area contributed by atoms with E-state index in [0.717, 1.165) is 0 Å². The average Bonchev–Trinajstić information content (AvgIpc) is 2.99. The third-order valence-electron chi connectivity index (χ3n) is 5.79. The molecule has 1 aliphatic rings. The zero-order valence-electron chi connectivity index (χ0n) is 14.8. The molecule has 26 heavy (non-hydrogen) atoms. The van der Waals surface area contributed by atoms with Crippen molar-refractivity contribution in [2.24, 2.45) is 0 Å². The van der Waals surface area contributed by atoms with Crippen molar-refractivity contribution >= 4 is 0 Å². The molecule has 0 nitrogen and oxygen atoms in total. The summed E-state index contributed by atoms with van der Waals surface area (Å²) in [5, 5.41) is 0. The smallest absolute Gasteiger partial charge is 0.0435 e. The normalized spacial score (nSPS) is 13.9. The van der Waals surface area contributed by atoms with Gasteiger partial charge in [0.2, 0.25) is 0 Å². The van der Waals surface area contributed by atoms with Crippen LogP contribution in [0.25, 0.3) is 22.3 Å². The zero-order valence-corrected chi connectivity index (χ0v) is 14.8. The second-order valence-corrected chi connectivity index (χ2v) is 7.16. The van der Waals surface area contributed by atoms with E-state index in [-0.39, 0.29) is 5.41 Å². The van der Waals surface area contributed by atoms with Gasteiger partial charge in [0.25, 0.3) is 0 Å². The highest BCUT2D eigenvalue weighted by molar-refractivity contribution is 5.83. The van der Waals surface area contributed by atoms with Gasteiger partial charge >= 0.3 is 0 Å². The van der Waals surface area contributed by atoms with Gasteiger partial charge in [0, 0.05) is 5.41 Å². The van der Waals surface area contributed by atoms with Gasteiger partial charge in [-0.2, -0.15) is 0 Å². The van der Waals surface area contributed by atoms with Crippen molar-refractivity contribution in [1.29, 1.82) is 0 Å². The summed E-state index contributed by atoms with van der Waals surface area (Å²) < 4.78 is 0. The summed E-state index contributed by atoms with van der Waals surface area (Å²) in [5.41, 5.74) is 9.27. The van der Waals surface area contributed by atoms with Gasteiger partial charge in [-0.15, -0.1) is 0 Å². The lowest BCUT2D eigenvalue weighted by molar-refractivity contribution is 0.714. The predicted octanol–water partition coefficient (Wildman–Crippen LogP) is 6.69. The van der Waals surface area contributed by atoms with Crippen LogP contribution >= 0.6 is 0 Å². The number of benzene rings is 4. The van der Waals surface area contributed by atoms with Crippen LogP contribution in [0.4, 0.5) is 0 Å². The monoisotopic (exact) mass is 332 g/mol. The Morgan fingerprint density at radius 3 is 1.50 bits per heavy atom. The summed E-state index contributed by atoms with van der Waals surface area (Å²) in [6.07, 6.45) is 0. The Bertz CT molecular complexity index is 1030. The molecule has 0 heteroatoms. The topological polar surface area (TPSA) is 0 Å². The van der Waals surface area contributed by atoms with Gasteiger partial charge in [-0.1, -0.05) is 103 Å². The minimum atomic E-state index is -0.109. The molecule has 1 aliphatic carbocycles. The highest BCUT2D eigenvalue weighted by Gasteiger charge is 2.40. The van der Waals surface area contributed by atoms with Gasteiger partial charge in [-0.25, -0.2) is 0 Å². The van der Waals surface area contributed by atoms with E-state index in [1.165, 1.54) is 38.9 Å². The molecule has 0 saturated carbocycles. The highest BCUT2D eigenvalue weighted by atomic mass is 14.4. The first-order valence-electron chi connectivity index (χ1n) is 9.14.